The summed E-state index contributed by atoms with van der Waals surface area (Å²) in [5.41, 5.74) is 7.47. The van der Waals surface area contributed by atoms with Gasteiger partial charge in [-0.25, -0.2) is 9.98 Å². The molecule has 0 N–H and O–H groups in total. The van der Waals surface area contributed by atoms with Crippen LogP contribution in [-0.2, 0) is 4.74 Å². The maximum absolute atomic E-state index is 6.40. The van der Waals surface area contributed by atoms with Crippen LogP contribution < -0.4 is 4.74 Å². The zero-order valence-electron chi connectivity index (χ0n) is 20.4. The van der Waals surface area contributed by atoms with Crippen LogP contribution in [0.1, 0.15) is 29.2 Å². The van der Waals surface area contributed by atoms with Gasteiger partial charge in [0, 0.05) is 28.6 Å². The summed E-state index contributed by atoms with van der Waals surface area (Å²) < 4.78 is 14.4. The Morgan fingerprint density at radius 1 is 0.857 bits per heavy atom. The fraction of sp³-hybridized carbons (Fsp3) is 0.200. The lowest BCUT2D eigenvalue weighted by Crippen LogP contribution is -2.03. The highest BCUT2D eigenvalue weighted by Gasteiger charge is 2.18. The SMILES string of the molecule is Cc1cc(Oc2cc(C)cc(-n3c4ccc(C)cc4c4cccnc43)c2)cc(C2=N[C@H](C)CO2)c1. The molecule has 1 aliphatic heterocycles. The van der Waals surface area contributed by atoms with E-state index in [0.29, 0.717) is 12.5 Å². The molecular formula is C30H27N3O2. The molecule has 0 fully saturated rings. The average Bonchev–Trinajstić information content (AvgIpc) is 3.39. The Bertz CT molecular complexity index is 1630. The molecule has 6 rings (SSSR count). The summed E-state index contributed by atoms with van der Waals surface area (Å²) in [6, 6.07) is 23.3. The van der Waals surface area contributed by atoms with Gasteiger partial charge in [-0.2, -0.15) is 0 Å². The van der Waals surface area contributed by atoms with E-state index in [-0.39, 0.29) is 6.04 Å². The van der Waals surface area contributed by atoms with E-state index in [1.807, 2.05) is 24.4 Å². The molecule has 5 heteroatoms. The number of hydrogen-bond acceptors (Lipinski definition) is 4. The number of nitrogens with zero attached hydrogens (tertiary/aromatic N) is 3. The summed E-state index contributed by atoms with van der Waals surface area (Å²) in [5, 5.41) is 2.34. The summed E-state index contributed by atoms with van der Waals surface area (Å²) in [4.78, 5) is 9.34. The molecule has 0 spiro atoms. The number of ether oxygens (including phenoxy) is 2. The number of rotatable bonds is 4. The van der Waals surface area contributed by atoms with Crippen molar-refractivity contribution >= 4 is 27.8 Å². The molecule has 3 heterocycles. The van der Waals surface area contributed by atoms with E-state index in [4.69, 9.17) is 14.5 Å². The lowest BCUT2D eigenvalue weighted by Gasteiger charge is -2.13. The van der Waals surface area contributed by atoms with E-state index in [2.05, 4.69) is 85.8 Å². The summed E-state index contributed by atoms with van der Waals surface area (Å²) in [7, 11) is 0. The first-order valence-electron chi connectivity index (χ1n) is 11.9. The lowest BCUT2D eigenvalue weighted by atomic mass is 10.1. The Labute approximate surface area is 204 Å². The molecule has 174 valence electrons. The van der Waals surface area contributed by atoms with Crippen molar-refractivity contribution < 1.29 is 9.47 Å². The smallest absolute Gasteiger partial charge is 0.216 e. The number of pyridine rings is 1. The Hall–Kier alpha value is -4.12. The van der Waals surface area contributed by atoms with Crippen molar-refractivity contribution in [3.05, 3.63) is 95.2 Å². The van der Waals surface area contributed by atoms with Gasteiger partial charge in [-0.15, -0.1) is 0 Å². The van der Waals surface area contributed by atoms with E-state index in [1.165, 1.54) is 10.9 Å². The molecule has 0 bridgehead atoms. The molecule has 5 aromatic rings. The predicted octanol–water partition coefficient (Wildman–Crippen LogP) is 7.06. The summed E-state index contributed by atoms with van der Waals surface area (Å²) in [5.74, 6) is 2.22. The highest BCUT2D eigenvalue weighted by molar-refractivity contribution is 6.08. The van der Waals surface area contributed by atoms with Gasteiger partial charge in [0.15, 0.2) is 0 Å². The highest BCUT2D eigenvalue weighted by Crippen LogP contribution is 2.34. The first kappa shape index (κ1) is 21.4. The van der Waals surface area contributed by atoms with E-state index >= 15 is 0 Å². The van der Waals surface area contributed by atoms with Gasteiger partial charge in [-0.1, -0.05) is 11.6 Å². The van der Waals surface area contributed by atoms with Crippen molar-refractivity contribution in [2.75, 3.05) is 6.61 Å². The van der Waals surface area contributed by atoms with E-state index < -0.39 is 0 Å². The van der Waals surface area contributed by atoms with Crippen LogP contribution in [0.3, 0.4) is 0 Å². The van der Waals surface area contributed by atoms with Crippen molar-refractivity contribution in [1.82, 2.24) is 9.55 Å². The average molecular weight is 462 g/mol. The Morgan fingerprint density at radius 2 is 1.66 bits per heavy atom. The van der Waals surface area contributed by atoms with Crippen LogP contribution in [0.5, 0.6) is 11.5 Å². The largest absolute Gasteiger partial charge is 0.475 e. The van der Waals surface area contributed by atoms with Crippen molar-refractivity contribution in [2.24, 2.45) is 4.99 Å². The molecule has 0 radical (unpaired) electrons. The first-order valence-corrected chi connectivity index (χ1v) is 11.9. The maximum atomic E-state index is 6.40. The molecule has 0 saturated carbocycles. The highest BCUT2D eigenvalue weighted by atomic mass is 16.5. The second-order valence-electron chi connectivity index (χ2n) is 9.47. The van der Waals surface area contributed by atoms with Crippen LogP contribution in [0.2, 0.25) is 0 Å². The molecular weight excluding hydrogens is 434 g/mol. The van der Waals surface area contributed by atoms with Crippen LogP contribution in [0.15, 0.2) is 77.9 Å². The van der Waals surface area contributed by atoms with Crippen molar-refractivity contribution in [3.63, 3.8) is 0 Å². The molecule has 1 aliphatic rings. The summed E-state index contributed by atoms with van der Waals surface area (Å²) in [6.07, 6.45) is 1.85. The molecule has 35 heavy (non-hydrogen) atoms. The molecule has 5 nitrogen and oxygen atoms in total. The monoisotopic (exact) mass is 461 g/mol. The van der Waals surface area contributed by atoms with Gasteiger partial charge in [0.1, 0.15) is 23.8 Å². The minimum absolute atomic E-state index is 0.179. The van der Waals surface area contributed by atoms with Crippen LogP contribution in [0.4, 0.5) is 0 Å². The number of aromatic nitrogens is 2. The third kappa shape index (κ3) is 3.93. The van der Waals surface area contributed by atoms with Crippen LogP contribution >= 0.6 is 0 Å². The zero-order valence-corrected chi connectivity index (χ0v) is 20.4. The third-order valence-corrected chi connectivity index (χ3v) is 6.31. The number of fused-ring (bicyclic) bond motifs is 3. The van der Waals surface area contributed by atoms with Crippen LogP contribution in [0, 0.1) is 20.8 Å². The number of hydrogen-bond donors (Lipinski definition) is 0. The maximum Gasteiger partial charge on any atom is 0.216 e. The first-order chi connectivity index (χ1) is 16.9. The zero-order chi connectivity index (χ0) is 24.1. The molecule has 0 aliphatic carbocycles. The number of benzene rings is 3. The van der Waals surface area contributed by atoms with Gasteiger partial charge in [0.05, 0.1) is 17.2 Å². The third-order valence-electron chi connectivity index (χ3n) is 6.31. The minimum Gasteiger partial charge on any atom is -0.475 e. The van der Waals surface area contributed by atoms with Crippen molar-refractivity contribution in [1.29, 1.82) is 0 Å². The molecule has 2 aromatic heterocycles. The summed E-state index contributed by atoms with van der Waals surface area (Å²) >= 11 is 0. The van der Waals surface area contributed by atoms with E-state index in [9.17, 15) is 0 Å². The predicted molar refractivity (Wildman–Crippen MR) is 141 cm³/mol. The van der Waals surface area contributed by atoms with Crippen LogP contribution in [0.25, 0.3) is 27.6 Å². The Morgan fingerprint density at radius 3 is 2.46 bits per heavy atom. The second-order valence-corrected chi connectivity index (χ2v) is 9.47. The van der Waals surface area contributed by atoms with Crippen molar-refractivity contribution in [3.8, 4) is 17.2 Å². The standard InChI is InChI=1S/C30H27N3O2/c1-18-7-8-28-27(14-18)26-6-5-9-31-29(26)33(28)23-11-20(3)13-25(16-23)35-24-12-19(2)10-22(15-24)30-32-21(4)17-34-30/h5-16,21H,17H2,1-4H3/t21-/m1/s1. The second kappa shape index (κ2) is 8.27. The molecule has 1 atom stereocenters. The molecule has 0 amide bonds. The van der Waals surface area contributed by atoms with Gasteiger partial charge < -0.3 is 9.47 Å². The lowest BCUT2D eigenvalue weighted by molar-refractivity contribution is 0.324. The molecule has 0 unspecified atom stereocenters. The summed E-state index contributed by atoms with van der Waals surface area (Å²) in [6.45, 7) is 8.94. The number of aryl methyl sites for hydroxylation is 3. The Balaban J connectivity index is 1.45. The van der Waals surface area contributed by atoms with Gasteiger partial charge >= 0.3 is 0 Å². The fourth-order valence-corrected chi connectivity index (χ4v) is 4.84. The minimum atomic E-state index is 0.179. The normalized spacial score (nSPS) is 15.4. The molecule has 0 saturated heterocycles. The number of aliphatic imine (C=N–C) groups is 1. The van der Waals surface area contributed by atoms with E-state index in [0.717, 1.165) is 50.4 Å². The Kier molecular flexibility index (Phi) is 5.06. The van der Waals surface area contributed by atoms with Crippen LogP contribution in [-0.4, -0.2) is 28.1 Å². The van der Waals surface area contributed by atoms with Gasteiger partial charge in [0.2, 0.25) is 5.90 Å². The molecule has 3 aromatic carbocycles. The topological polar surface area (TPSA) is 48.6 Å². The van der Waals surface area contributed by atoms with Gasteiger partial charge in [-0.05, 0) is 93.4 Å². The quantitative estimate of drug-likeness (QED) is 0.288. The van der Waals surface area contributed by atoms with Gasteiger partial charge in [0.25, 0.3) is 0 Å². The van der Waals surface area contributed by atoms with Crippen molar-refractivity contribution in [2.45, 2.75) is 33.7 Å². The van der Waals surface area contributed by atoms with Gasteiger partial charge in [-0.3, -0.25) is 4.57 Å². The van der Waals surface area contributed by atoms with E-state index in [1.54, 1.807) is 0 Å². The fourth-order valence-electron chi connectivity index (χ4n) is 4.84.